The molecule has 0 saturated carbocycles. The van der Waals surface area contributed by atoms with Crippen molar-refractivity contribution in [1.29, 1.82) is 0 Å². The Labute approximate surface area is 366 Å². The van der Waals surface area contributed by atoms with Crippen molar-refractivity contribution in [2.75, 3.05) is 61.0 Å². The summed E-state index contributed by atoms with van der Waals surface area (Å²) in [5.41, 5.74) is 4.89. The molecule has 2 aromatic carbocycles. The second-order valence-corrected chi connectivity index (χ2v) is 18.0. The molecule has 0 radical (unpaired) electrons. The lowest BCUT2D eigenvalue weighted by Crippen LogP contribution is -2.60. The van der Waals surface area contributed by atoms with Crippen molar-refractivity contribution in [3.8, 4) is 5.82 Å². The molecule has 1 spiro atoms. The molecule has 15 nitrogen and oxygen atoms in total. The number of nitrogens with zero attached hydrogens (tertiary/aromatic N) is 8. The van der Waals surface area contributed by atoms with Gasteiger partial charge in [0.1, 0.15) is 11.0 Å². The van der Waals surface area contributed by atoms with Gasteiger partial charge in [0.15, 0.2) is 11.5 Å². The molecule has 1 unspecified atom stereocenters. The molecule has 3 aromatic heterocycles. The first kappa shape index (κ1) is 41.1. The van der Waals surface area contributed by atoms with Crippen LogP contribution in [0, 0.1) is 0 Å². The molecule has 63 heavy (non-hydrogen) atoms. The number of carbonyl (C=O) groups excluding carboxylic acids is 2. The zero-order valence-electron chi connectivity index (χ0n) is 36.0. The van der Waals surface area contributed by atoms with E-state index in [0.717, 1.165) is 100 Å². The Morgan fingerprint density at radius 2 is 1.62 bits per heavy atom. The summed E-state index contributed by atoms with van der Waals surface area (Å²) in [6.45, 7) is 12.6. The summed E-state index contributed by atoms with van der Waals surface area (Å²) in [4.78, 5) is 59.4. The third kappa shape index (κ3) is 7.80. The zero-order valence-corrected chi connectivity index (χ0v) is 36.0. The molecule has 4 aliphatic heterocycles. The van der Waals surface area contributed by atoms with Gasteiger partial charge in [0.25, 0.3) is 5.56 Å². The fourth-order valence-corrected chi connectivity index (χ4v) is 10.6. The molecule has 4 saturated heterocycles. The van der Waals surface area contributed by atoms with Gasteiger partial charge in [-0.25, -0.2) is 19.3 Å². The maximum atomic E-state index is 13.6. The number of aromatic nitrogens is 5. The number of piperidine rings is 3. The van der Waals surface area contributed by atoms with Gasteiger partial charge >= 0.3 is 0 Å². The Morgan fingerprint density at radius 3 is 2.33 bits per heavy atom. The zero-order chi connectivity index (χ0) is 43.3. The average Bonchev–Trinajstić information content (AvgIpc) is 3.79. The van der Waals surface area contributed by atoms with Crippen LogP contribution in [0.5, 0.6) is 0 Å². The Kier molecular flexibility index (Phi) is 10.9. The molecule has 5 aliphatic rings. The number of aliphatic hydroxyl groups is 1. The molecule has 1 aliphatic carbocycles. The van der Waals surface area contributed by atoms with Crippen LogP contribution in [0.25, 0.3) is 16.9 Å². The molecule has 3 N–H and O–H groups in total. The van der Waals surface area contributed by atoms with Gasteiger partial charge in [-0.3, -0.25) is 24.6 Å². The lowest BCUT2D eigenvalue weighted by Gasteiger charge is -2.50. The molecule has 2 atom stereocenters. The van der Waals surface area contributed by atoms with Crippen LogP contribution in [0.3, 0.4) is 0 Å². The van der Waals surface area contributed by atoms with E-state index in [1.165, 1.54) is 5.69 Å². The van der Waals surface area contributed by atoms with Crippen molar-refractivity contribution in [3.05, 3.63) is 107 Å². The smallest absolute Gasteiger partial charge is 0.278 e. The van der Waals surface area contributed by atoms with Gasteiger partial charge in [-0.1, -0.05) is 31.2 Å². The van der Waals surface area contributed by atoms with E-state index in [2.05, 4.69) is 73.3 Å². The monoisotopic (exact) mass is 852 g/mol. The Bertz CT molecular complexity index is 2590. The number of allylic oxidation sites excluding steroid dienone is 1. The van der Waals surface area contributed by atoms with Gasteiger partial charge in [-0.05, 0) is 105 Å². The van der Waals surface area contributed by atoms with Crippen LogP contribution in [-0.2, 0) is 32.9 Å². The van der Waals surface area contributed by atoms with Crippen molar-refractivity contribution >= 4 is 45.9 Å². The summed E-state index contributed by atoms with van der Waals surface area (Å²) in [6, 6.07) is 21.1. The molecular formula is C48H56N10O5. The standard InChI is InChI=1S/C48H56N10O5/c1-3-23-57-45(61)39-30-49-46(53-43(39)58(57)40-15-7-33-17-20-48(62,4-2)42(33)51-40)50-34-8-12-36(13-9-34)55-26-21-47(22-27-55)31-56(28-29-63-47)37-18-24-54(25-19-37)35-10-5-32(6-11-35)38-14-16-41(59)52-44(38)60/h3,5-13,15,30,37-38,62H,1,4,14,16-29,31H2,2H3,(H,49,50,53)(H,52,59,60)/t38?,48-/m1/s1. The molecule has 328 valence electrons. The van der Waals surface area contributed by atoms with E-state index in [4.69, 9.17) is 14.7 Å². The number of amides is 2. The van der Waals surface area contributed by atoms with Crippen LogP contribution < -0.4 is 26.0 Å². The van der Waals surface area contributed by atoms with Crippen molar-refractivity contribution in [1.82, 2.24) is 34.5 Å². The number of ether oxygens (including phenoxy) is 1. The van der Waals surface area contributed by atoms with Crippen LogP contribution in [0.2, 0.25) is 0 Å². The third-order valence-corrected chi connectivity index (χ3v) is 14.3. The lowest BCUT2D eigenvalue weighted by molar-refractivity contribution is -0.134. The van der Waals surface area contributed by atoms with Crippen molar-refractivity contribution in [2.24, 2.45) is 0 Å². The summed E-state index contributed by atoms with van der Waals surface area (Å²) < 4.78 is 9.86. The van der Waals surface area contributed by atoms with E-state index in [-0.39, 0.29) is 35.4 Å². The minimum Gasteiger partial charge on any atom is -0.384 e. The number of rotatable bonds is 10. The molecule has 5 aromatic rings. The summed E-state index contributed by atoms with van der Waals surface area (Å²) in [6.07, 6.45) is 10.3. The molecule has 0 bridgehead atoms. The quantitative estimate of drug-likeness (QED) is 0.123. The van der Waals surface area contributed by atoms with Crippen LogP contribution >= 0.6 is 0 Å². The Morgan fingerprint density at radius 1 is 0.889 bits per heavy atom. The van der Waals surface area contributed by atoms with Gasteiger partial charge in [-0.2, -0.15) is 4.98 Å². The van der Waals surface area contributed by atoms with Gasteiger partial charge in [0.2, 0.25) is 17.8 Å². The number of imide groups is 1. The maximum absolute atomic E-state index is 13.6. The molecule has 2 amide bonds. The van der Waals surface area contributed by atoms with Crippen molar-refractivity contribution < 1.29 is 19.4 Å². The number of hydrogen-bond acceptors (Lipinski definition) is 12. The van der Waals surface area contributed by atoms with Gasteiger partial charge in [-0.15, -0.1) is 6.58 Å². The number of nitrogens with one attached hydrogen (secondary N) is 2. The van der Waals surface area contributed by atoms with Gasteiger partial charge in [0, 0.05) is 75.0 Å². The Hall–Kier alpha value is -5.90. The van der Waals surface area contributed by atoms with Crippen LogP contribution in [0.15, 0.2) is 84.3 Å². The minimum absolute atomic E-state index is 0.132. The second-order valence-electron chi connectivity index (χ2n) is 18.0. The summed E-state index contributed by atoms with van der Waals surface area (Å²) in [7, 11) is 0. The first-order valence-electron chi connectivity index (χ1n) is 22.6. The number of benzene rings is 2. The van der Waals surface area contributed by atoms with E-state index < -0.39 is 5.60 Å². The van der Waals surface area contributed by atoms with Crippen LogP contribution in [0.4, 0.5) is 23.0 Å². The SMILES string of the molecule is C=CCn1c(=O)c2cnc(Nc3ccc(N4CCC5(CC4)CN(C4CCN(c6ccc(C7CCC(=O)NC7=O)cc6)CC4)CCO5)cc3)nc2n1-c1ccc2c(n1)[C@@](O)(CC)CC2. The number of aryl methyl sites for hydroxylation is 1. The van der Waals surface area contributed by atoms with E-state index in [0.29, 0.717) is 60.2 Å². The van der Waals surface area contributed by atoms with Gasteiger partial charge < -0.3 is 25.0 Å². The highest BCUT2D eigenvalue weighted by atomic mass is 16.5. The number of hydrogen-bond donors (Lipinski definition) is 3. The summed E-state index contributed by atoms with van der Waals surface area (Å²) in [5.74, 6) is 0.237. The highest BCUT2D eigenvalue weighted by Crippen LogP contribution is 2.39. The molecule has 4 fully saturated rings. The lowest BCUT2D eigenvalue weighted by atomic mass is 9.87. The molecule has 10 rings (SSSR count). The number of pyridine rings is 1. The first-order valence-corrected chi connectivity index (χ1v) is 22.6. The predicted octanol–water partition coefficient (Wildman–Crippen LogP) is 5.31. The summed E-state index contributed by atoms with van der Waals surface area (Å²) >= 11 is 0. The van der Waals surface area contributed by atoms with Crippen molar-refractivity contribution in [3.63, 3.8) is 0 Å². The number of carbonyl (C=O) groups is 2. The van der Waals surface area contributed by atoms with Crippen molar-refractivity contribution in [2.45, 2.75) is 94.4 Å². The number of fused-ring (bicyclic) bond motifs is 2. The fourth-order valence-electron chi connectivity index (χ4n) is 10.6. The fraction of sp³-hybridized carbons (Fsp3) is 0.458. The third-order valence-electron chi connectivity index (χ3n) is 14.3. The van der Waals surface area contributed by atoms with E-state index in [1.807, 2.05) is 31.2 Å². The van der Waals surface area contributed by atoms with E-state index in [1.54, 1.807) is 21.6 Å². The Balaban J connectivity index is 0.756. The second kappa shape index (κ2) is 16.7. The van der Waals surface area contributed by atoms with Gasteiger partial charge in [0.05, 0.1) is 30.4 Å². The molecule has 7 heterocycles. The highest BCUT2D eigenvalue weighted by molar-refractivity contribution is 6.01. The van der Waals surface area contributed by atoms with E-state index >= 15 is 0 Å². The average molecular weight is 853 g/mol. The topological polar surface area (TPSA) is 163 Å². The minimum atomic E-state index is -0.993. The number of morpholine rings is 1. The maximum Gasteiger partial charge on any atom is 0.278 e. The highest BCUT2D eigenvalue weighted by Gasteiger charge is 2.42. The van der Waals surface area contributed by atoms with Crippen LogP contribution in [0.1, 0.15) is 81.0 Å². The normalized spacial score (nSPS) is 23.0. The summed E-state index contributed by atoms with van der Waals surface area (Å²) in [5, 5.41) is 17.5. The molecule has 15 heteroatoms. The first-order chi connectivity index (χ1) is 30.6. The van der Waals surface area contributed by atoms with E-state index in [9.17, 15) is 19.5 Å². The number of anilines is 4. The van der Waals surface area contributed by atoms with Crippen LogP contribution in [-0.4, -0.2) is 104 Å². The largest absolute Gasteiger partial charge is 0.384 e. The molecular weight excluding hydrogens is 797 g/mol. The predicted molar refractivity (Wildman–Crippen MR) is 242 cm³/mol.